The second-order valence-corrected chi connectivity index (χ2v) is 5.41. The number of hydrogen-bond donors (Lipinski definition) is 2. The van der Waals surface area contributed by atoms with Gasteiger partial charge >= 0.3 is 0 Å². The van der Waals surface area contributed by atoms with Crippen LogP contribution in [0.25, 0.3) is 0 Å². The molecule has 0 spiro atoms. The minimum Gasteiger partial charge on any atom is -0.351 e. The molecule has 2 amide bonds. The molecule has 7 heteroatoms. The molecule has 1 aromatic carbocycles. The first-order valence-electron chi connectivity index (χ1n) is 6.58. The summed E-state index contributed by atoms with van der Waals surface area (Å²) in [7, 11) is 0. The number of carbonyl (C=O) groups is 2. The number of nitrogens with zero attached hydrogens (tertiary/aromatic N) is 1. The Balaban J connectivity index is 0.00000220. The molecule has 21 heavy (non-hydrogen) atoms. The van der Waals surface area contributed by atoms with Crippen molar-refractivity contribution in [1.29, 1.82) is 0 Å². The van der Waals surface area contributed by atoms with Crippen molar-refractivity contribution < 1.29 is 9.59 Å². The van der Waals surface area contributed by atoms with Crippen molar-refractivity contribution in [3.05, 3.63) is 29.3 Å². The van der Waals surface area contributed by atoms with Crippen molar-refractivity contribution in [3.8, 4) is 0 Å². The Morgan fingerprint density at radius 1 is 1.52 bits per heavy atom. The first-order valence-corrected chi connectivity index (χ1v) is 6.96. The third kappa shape index (κ3) is 4.09. The van der Waals surface area contributed by atoms with Crippen LogP contribution in [0.3, 0.4) is 0 Å². The molecule has 1 fully saturated rings. The monoisotopic (exact) mass is 331 g/mol. The van der Waals surface area contributed by atoms with Crippen molar-refractivity contribution in [2.24, 2.45) is 11.7 Å². The first-order chi connectivity index (χ1) is 9.52. The van der Waals surface area contributed by atoms with Crippen LogP contribution >= 0.6 is 24.0 Å². The normalized spacial score (nSPS) is 19.1. The second-order valence-electron chi connectivity index (χ2n) is 5.00. The van der Waals surface area contributed by atoms with Crippen molar-refractivity contribution in [2.45, 2.75) is 19.4 Å². The molecule has 1 aromatic rings. The van der Waals surface area contributed by atoms with E-state index in [-0.39, 0.29) is 42.6 Å². The lowest BCUT2D eigenvalue weighted by Gasteiger charge is -2.19. The maximum Gasteiger partial charge on any atom is 0.229 e. The van der Waals surface area contributed by atoms with Crippen LogP contribution in [0.4, 0.5) is 5.69 Å². The summed E-state index contributed by atoms with van der Waals surface area (Å²) in [4.78, 5) is 25.5. The Morgan fingerprint density at radius 3 is 2.81 bits per heavy atom. The Kier molecular flexibility index (Phi) is 6.45. The third-order valence-electron chi connectivity index (χ3n) is 3.42. The molecule has 1 saturated heterocycles. The largest absolute Gasteiger partial charge is 0.351 e. The molecule has 1 aliphatic heterocycles. The molecule has 0 bridgehead atoms. The quantitative estimate of drug-likeness (QED) is 0.879. The molecule has 2 rings (SSSR count). The zero-order valence-corrected chi connectivity index (χ0v) is 13.3. The van der Waals surface area contributed by atoms with E-state index in [4.69, 9.17) is 17.3 Å². The highest BCUT2D eigenvalue weighted by Gasteiger charge is 2.32. The molecule has 0 saturated carbocycles. The molecule has 2 unspecified atom stereocenters. The van der Waals surface area contributed by atoms with E-state index in [9.17, 15) is 9.59 Å². The fourth-order valence-corrected chi connectivity index (χ4v) is 2.40. The Hall–Kier alpha value is -1.30. The SMILES string of the molecule is CC(CN)C(=O)NC1CC(=O)N(c2ccccc2Cl)C1.Cl. The number of amides is 2. The smallest absolute Gasteiger partial charge is 0.229 e. The van der Waals surface area contributed by atoms with E-state index in [1.54, 1.807) is 24.0 Å². The van der Waals surface area contributed by atoms with Crippen molar-refractivity contribution in [2.75, 3.05) is 18.0 Å². The maximum atomic E-state index is 12.0. The summed E-state index contributed by atoms with van der Waals surface area (Å²) < 4.78 is 0. The lowest BCUT2D eigenvalue weighted by atomic mass is 10.1. The number of hydrogen-bond acceptors (Lipinski definition) is 3. The molecule has 2 atom stereocenters. The molecule has 5 nitrogen and oxygen atoms in total. The Bertz CT molecular complexity index is 525. The predicted molar refractivity (Wildman–Crippen MR) is 85.8 cm³/mol. The van der Waals surface area contributed by atoms with Crippen LogP contribution in [0, 0.1) is 5.92 Å². The van der Waals surface area contributed by atoms with Crippen molar-refractivity contribution >= 4 is 41.5 Å². The van der Waals surface area contributed by atoms with Gasteiger partial charge in [0.2, 0.25) is 11.8 Å². The number of anilines is 1. The Morgan fingerprint density at radius 2 is 2.19 bits per heavy atom. The zero-order chi connectivity index (χ0) is 14.7. The number of nitrogens with two attached hydrogens (primary N) is 1. The van der Waals surface area contributed by atoms with Gasteiger partial charge in [0.1, 0.15) is 0 Å². The lowest BCUT2D eigenvalue weighted by Crippen LogP contribution is -2.41. The third-order valence-corrected chi connectivity index (χ3v) is 3.74. The van der Waals surface area contributed by atoms with E-state index in [1.807, 2.05) is 12.1 Å². The molecule has 0 aromatic heterocycles. The number of nitrogens with one attached hydrogen (secondary N) is 1. The van der Waals surface area contributed by atoms with E-state index in [0.717, 1.165) is 0 Å². The summed E-state index contributed by atoms with van der Waals surface area (Å²) >= 11 is 6.10. The van der Waals surface area contributed by atoms with Crippen LogP contribution in [0.1, 0.15) is 13.3 Å². The highest BCUT2D eigenvalue weighted by molar-refractivity contribution is 6.33. The Labute approximate surface area is 135 Å². The minimum absolute atomic E-state index is 0. The maximum absolute atomic E-state index is 12.0. The number of carbonyl (C=O) groups excluding carboxylic acids is 2. The van der Waals surface area contributed by atoms with Crippen molar-refractivity contribution in [1.82, 2.24) is 5.32 Å². The molecule has 116 valence electrons. The zero-order valence-electron chi connectivity index (χ0n) is 11.7. The minimum atomic E-state index is -0.250. The van der Waals surface area contributed by atoms with E-state index in [0.29, 0.717) is 23.8 Å². The van der Waals surface area contributed by atoms with Gasteiger partial charge in [0.05, 0.1) is 16.8 Å². The number of halogens is 2. The number of rotatable bonds is 4. The molecule has 1 heterocycles. The van der Waals surface area contributed by atoms with Gasteiger partial charge in [-0.1, -0.05) is 30.7 Å². The number of para-hydroxylation sites is 1. The second kappa shape index (κ2) is 7.64. The summed E-state index contributed by atoms with van der Waals surface area (Å²) in [5, 5.41) is 3.39. The molecular formula is C14H19Cl2N3O2. The van der Waals surface area contributed by atoms with Crippen LogP contribution in [0.15, 0.2) is 24.3 Å². The van der Waals surface area contributed by atoms with E-state index in [1.165, 1.54) is 0 Å². The first kappa shape index (κ1) is 17.8. The highest BCUT2D eigenvalue weighted by Crippen LogP contribution is 2.28. The van der Waals surface area contributed by atoms with E-state index >= 15 is 0 Å². The van der Waals surface area contributed by atoms with Crippen LogP contribution in [0.2, 0.25) is 5.02 Å². The van der Waals surface area contributed by atoms with Crippen LogP contribution in [-0.2, 0) is 9.59 Å². The molecular weight excluding hydrogens is 313 g/mol. The molecule has 0 aliphatic carbocycles. The van der Waals surface area contributed by atoms with Gasteiger partial charge in [-0.3, -0.25) is 9.59 Å². The average molecular weight is 332 g/mol. The fraction of sp³-hybridized carbons (Fsp3) is 0.429. The van der Waals surface area contributed by atoms with E-state index in [2.05, 4.69) is 5.32 Å². The molecule has 1 aliphatic rings. The summed E-state index contributed by atoms with van der Waals surface area (Å²) in [6.07, 6.45) is 0.286. The lowest BCUT2D eigenvalue weighted by molar-refractivity contribution is -0.124. The summed E-state index contributed by atoms with van der Waals surface area (Å²) in [5.41, 5.74) is 6.14. The highest BCUT2D eigenvalue weighted by atomic mass is 35.5. The van der Waals surface area contributed by atoms with Gasteiger partial charge < -0.3 is 16.0 Å². The summed E-state index contributed by atoms with van der Waals surface area (Å²) in [6, 6.07) is 6.99. The van der Waals surface area contributed by atoms with Gasteiger partial charge in [-0.25, -0.2) is 0 Å². The standard InChI is InChI=1S/C14H18ClN3O2.ClH/c1-9(7-16)14(20)17-10-6-13(19)18(8-10)12-5-3-2-4-11(12)15;/h2-5,9-10H,6-8,16H2,1H3,(H,17,20);1H. The summed E-state index contributed by atoms with van der Waals surface area (Å²) in [5.74, 6) is -0.408. The van der Waals surface area contributed by atoms with Gasteiger partial charge in [-0.05, 0) is 12.1 Å². The van der Waals surface area contributed by atoms with Crippen LogP contribution < -0.4 is 16.0 Å². The van der Waals surface area contributed by atoms with Gasteiger partial charge in [0, 0.05) is 25.4 Å². The fourth-order valence-electron chi connectivity index (χ4n) is 2.16. The molecule has 0 radical (unpaired) electrons. The molecule has 3 N–H and O–H groups in total. The summed E-state index contributed by atoms with van der Waals surface area (Å²) in [6.45, 7) is 2.49. The topological polar surface area (TPSA) is 75.4 Å². The van der Waals surface area contributed by atoms with Gasteiger partial charge in [-0.2, -0.15) is 0 Å². The average Bonchev–Trinajstić information content (AvgIpc) is 2.79. The van der Waals surface area contributed by atoms with Crippen LogP contribution in [-0.4, -0.2) is 30.9 Å². The van der Waals surface area contributed by atoms with Crippen LogP contribution in [0.5, 0.6) is 0 Å². The van der Waals surface area contributed by atoms with Gasteiger partial charge in [0.25, 0.3) is 0 Å². The van der Waals surface area contributed by atoms with Gasteiger partial charge in [-0.15, -0.1) is 12.4 Å². The predicted octanol–water partition coefficient (Wildman–Crippen LogP) is 1.58. The van der Waals surface area contributed by atoms with E-state index < -0.39 is 0 Å². The number of benzene rings is 1. The van der Waals surface area contributed by atoms with Gasteiger partial charge in [0.15, 0.2) is 0 Å². The van der Waals surface area contributed by atoms with Crippen molar-refractivity contribution in [3.63, 3.8) is 0 Å².